The van der Waals surface area contributed by atoms with E-state index in [1.165, 1.54) is 18.2 Å². The lowest BCUT2D eigenvalue weighted by atomic mass is 10.0. The highest BCUT2D eigenvalue weighted by Gasteiger charge is 2.35. The number of carboxylic acids is 1. The molecule has 1 amide bonds. The van der Waals surface area contributed by atoms with Crippen molar-refractivity contribution in [2.75, 3.05) is 13.2 Å². The first-order valence-corrected chi connectivity index (χ1v) is 6.35. The molecule has 0 bridgehead atoms. The Morgan fingerprint density at radius 2 is 2.16 bits per heavy atom. The highest BCUT2D eigenvalue weighted by atomic mass is 79.9. The number of carbonyl (C=O) groups is 2. The zero-order valence-electron chi connectivity index (χ0n) is 9.73. The van der Waals surface area contributed by atoms with Crippen molar-refractivity contribution in [1.82, 2.24) is 5.32 Å². The van der Waals surface area contributed by atoms with Crippen molar-refractivity contribution in [1.29, 1.82) is 0 Å². The normalized spacial score (nSPS) is 22.2. The smallest absolute Gasteiger partial charge is 0.311 e. The number of carbonyl (C=O) groups excluding carboxylic acids is 1. The fourth-order valence-corrected chi connectivity index (χ4v) is 2.31. The first-order valence-electron chi connectivity index (χ1n) is 5.56. The van der Waals surface area contributed by atoms with Crippen LogP contribution in [-0.2, 0) is 9.53 Å². The molecule has 102 valence electrons. The highest BCUT2D eigenvalue weighted by molar-refractivity contribution is 9.10. The minimum Gasteiger partial charge on any atom is -0.481 e. The number of hydrogen-bond donors (Lipinski definition) is 2. The molecule has 0 aliphatic carbocycles. The summed E-state index contributed by atoms with van der Waals surface area (Å²) in [5.41, 5.74) is 0.121. The predicted octanol–water partition coefficient (Wildman–Crippen LogP) is 1.42. The van der Waals surface area contributed by atoms with E-state index < -0.39 is 29.7 Å². The topological polar surface area (TPSA) is 75.6 Å². The van der Waals surface area contributed by atoms with E-state index in [0.717, 1.165) is 0 Å². The van der Waals surface area contributed by atoms with Crippen LogP contribution in [0.25, 0.3) is 0 Å². The average molecular weight is 332 g/mol. The molecule has 7 heteroatoms. The van der Waals surface area contributed by atoms with Crippen molar-refractivity contribution in [3.8, 4) is 0 Å². The van der Waals surface area contributed by atoms with E-state index >= 15 is 0 Å². The maximum atomic E-state index is 13.3. The molecule has 1 aromatic carbocycles. The Morgan fingerprint density at radius 1 is 1.42 bits per heavy atom. The first-order chi connectivity index (χ1) is 9.00. The van der Waals surface area contributed by atoms with Gasteiger partial charge in [0.2, 0.25) is 0 Å². The van der Waals surface area contributed by atoms with Crippen LogP contribution in [0.5, 0.6) is 0 Å². The van der Waals surface area contributed by atoms with Crippen LogP contribution in [0.3, 0.4) is 0 Å². The highest BCUT2D eigenvalue weighted by Crippen LogP contribution is 2.21. The summed E-state index contributed by atoms with van der Waals surface area (Å²) in [6.45, 7) is 0.195. The Kier molecular flexibility index (Phi) is 4.16. The van der Waals surface area contributed by atoms with Gasteiger partial charge in [0.05, 0.1) is 29.3 Å². The van der Waals surface area contributed by atoms with Crippen molar-refractivity contribution < 1.29 is 23.8 Å². The standard InChI is InChI=1S/C12H11BrFNO4/c13-10-6(2-1-3-8(10)14)11(16)15-9-5-19-4-7(9)12(17)18/h1-3,7,9H,4-5H2,(H,15,16)(H,17,18). The lowest BCUT2D eigenvalue weighted by Gasteiger charge is -2.16. The monoisotopic (exact) mass is 331 g/mol. The van der Waals surface area contributed by atoms with E-state index in [9.17, 15) is 14.0 Å². The molecule has 1 heterocycles. The molecule has 0 spiro atoms. The number of aliphatic carboxylic acids is 1. The van der Waals surface area contributed by atoms with E-state index in [0.29, 0.717) is 0 Å². The third kappa shape index (κ3) is 2.93. The second-order valence-electron chi connectivity index (χ2n) is 4.16. The minimum atomic E-state index is -1.03. The molecule has 0 radical (unpaired) electrons. The van der Waals surface area contributed by atoms with Gasteiger partial charge < -0.3 is 15.2 Å². The van der Waals surface area contributed by atoms with Crippen molar-refractivity contribution in [2.24, 2.45) is 5.92 Å². The molecular formula is C12H11BrFNO4. The molecule has 5 nitrogen and oxygen atoms in total. The molecule has 1 aliphatic rings. The van der Waals surface area contributed by atoms with Crippen LogP contribution in [0.2, 0.25) is 0 Å². The predicted molar refractivity (Wildman–Crippen MR) is 67.3 cm³/mol. The van der Waals surface area contributed by atoms with Crippen LogP contribution in [-0.4, -0.2) is 36.2 Å². The number of ether oxygens (including phenoxy) is 1. The summed E-state index contributed by atoms with van der Waals surface area (Å²) < 4.78 is 18.4. The number of benzene rings is 1. The first kappa shape index (κ1) is 14.0. The Morgan fingerprint density at radius 3 is 2.84 bits per heavy atom. The fraction of sp³-hybridized carbons (Fsp3) is 0.333. The molecule has 19 heavy (non-hydrogen) atoms. The summed E-state index contributed by atoms with van der Waals surface area (Å²) in [7, 11) is 0. The Balaban J connectivity index is 2.13. The summed E-state index contributed by atoms with van der Waals surface area (Å²) in [5.74, 6) is -2.89. The van der Waals surface area contributed by atoms with E-state index in [1.54, 1.807) is 0 Å². The molecule has 1 fully saturated rings. The summed E-state index contributed by atoms with van der Waals surface area (Å²) in [4.78, 5) is 22.9. The summed E-state index contributed by atoms with van der Waals surface area (Å²) >= 11 is 2.99. The largest absolute Gasteiger partial charge is 0.481 e. The number of amides is 1. The zero-order chi connectivity index (χ0) is 14.0. The van der Waals surface area contributed by atoms with Gasteiger partial charge in [0, 0.05) is 0 Å². The molecule has 0 saturated carbocycles. The van der Waals surface area contributed by atoms with Gasteiger partial charge in [0.25, 0.3) is 5.91 Å². The summed E-state index contributed by atoms with van der Waals surface area (Å²) in [5, 5.41) is 11.5. The van der Waals surface area contributed by atoms with E-state index in [4.69, 9.17) is 9.84 Å². The number of nitrogens with one attached hydrogen (secondary N) is 1. The van der Waals surface area contributed by atoms with Crippen LogP contribution < -0.4 is 5.32 Å². The second kappa shape index (κ2) is 5.66. The van der Waals surface area contributed by atoms with Crippen LogP contribution in [0, 0.1) is 11.7 Å². The van der Waals surface area contributed by atoms with Gasteiger partial charge in [-0.05, 0) is 28.1 Å². The fourth-order valence-electron chi connectivity index (χ4n) is 1.87. The van der Waals surface area contributed by atoms with Gasteiger partial charge in [-0.1, -0.05) is 6.07 Å². The van der Waals surface area contributed by atoms with Gasteiger partial charge in [-0.2, -0.15) is 0 Å². The third-order valence-corrected chi connectivity index (χ3v) is 3.72. The molecule has 1 aromatic rings. The van der Waals surface area contributed by atoms with Crippen LogP contribution in [0.1, 0.15) is 10.4 Å². The molecular weight excluding hydrogens is 321 g/mol. The number of carboxylic acid groups (broad SMARTS) is 1. The molecule has 2 rings (SSSR count). The zero-order valence-corrected chi connectivity index (χ0v) is 11.3. The maximum Gasteiger partial charge on any atom is 0.311 e. The van der Waals surface area contributed by atoms with Crippen molar-refractivity contribution in [2.45, 2.75) is 6.04 Å². The van der Waals surface area contributed by atoms with E-state index in [1.807, 2.05) is 0 Å². The SMILES string of the molecule is O=C(NC1COCC1C(=O)O)c1cccc(F)c1Br. The van der Waals surface area contributed by atoms with Crippen molar-refractivity contribution in [3.63, 3.8) is 0 Å². The van der Waals surface area contributed by atoms with Crippen molar-refractivity contribution in [3.05, 3.63) is 34.1 Å². The van der Waals surface area contributed by atoms with Gasteiger partial charge in [0.1, 0.15) is 11.7 Å². The minimum absolute atomic E-state index is 0.0540. The van der Waals surface area contributed by atoms with Crippen LogP contribution in [0.4, 0.5) is 4.39 Å². The maximum absolute atomic E-state index is 13.3. The molecule has 1 aliphatic heterocycles. The van der Waals surface area contributed by atoms with E-state index in [2.05, 4.69) is 21.2 Å². The lowest BCUT2D eigenvalue weighted by Crippen LogP contribution is -2.42. The average Bonchev–Trinajstić information content (AvgIpc) is 2.80. The van der Waals surface area contributed by atoms with Gasteiger partial charge in [-0.25, -0.2) is 4.39 Å². The quantitative estimate of drug-likeness (QED) is 0.878. The number of halogens is 2. The van der Waals surface area contributed by atoms with Gasteiger partial charge >= 0.3 is 5.97 Å². The van der Waals surface area contributed by atoms with Gasteiger partial charge in [-0.15, -0.1) is 0 Å². The second-order valence-corrected chi connectivity index (χ2v) is 4.96. The number of rotatable bonds is 3. The van der Waals surface area contributed by atoms with E-state index in [-0.39, 0.29) is 23.2 Å². The van der Waals surface area contributed by atoms with Crippen LogP contribution in [0.15, 0.2) is 22.7 Å². The Bertz CT molecular complexity index is 522. The lowest BCUT2D eigenvalue weighted by molar-refractivity contribution is -0.142. The summed E-state index contributed by atoms with van der Waals surface area (Å²) in [6.07, 6.45) is 0. The third-order valence-electron chi connectivity index (χ3n) is 2.91. The molecule has 0 aromatic heterocycles. The molecule has 1 saturated heterocycles. The van der Waals surface area contributed by atoms with Crippen molar-refractivity contribution >= 4 is 27.8 Å². The van der Waals surface area contributed by atoms with Gasteiger partial charge in [-0.3, -0.25) is 9.59 Å². The molecule has 2 unspecified atom stereocenters. The Labute approximate surface area is 116 Å². The molecule has 2 N–H and O–H groups in total. The Hall–Kier alpha value is -1.47. The van der Waals surface area contributed by atoms with Crippen LogP contribution >= 0.6 is 15.9 Å². The number of hydrogen-bond acceptors (Lipinski definition) is 3. The van der Waals surface area contributed by atoms with Gasteiger partial charge in [0.15, 0.2) is 0 Å². The summed E-state index contributed by atoms with van der Waals surface area (Å²) in [6, 6.07) is 3.47. The molecule has 2 atom stereocenters.